The zero-order chi connectivity index (χ0) is 18.5. The Balaban J connectivity index is 1.99. The van der Waals surface area contributed by atoms with Gasteiger partial charge in [-0.3, -0.25) is 4.98 Å². The van der Waals surface area contributed by atoms with E-state index in [-0.39, 0.29) is 0 Å². The van der Waals surface area contributed by atoms with Crippen LogP contribution >= 0.6 is 11.6 Å². The number of nitrogens with one attached hydrogen (secondary N) is 1. The van der Waals surface area contributed by atoms with E-state index in [1.807, 2.05) is 6.07 Å². The number of hydrogen-bond donors (Lipinski definition) is 1. The van der Waals surface area contributed by atoms with Gasteiger partial charge in [-0.25, -0.2) is 4.39 Å². The molecule has 0 unspecified atom stereocenters. The lowest BCUT2D eigenvalue weighted by Gasteiger charge is -2.15. The molecule has 0 amide bonds. The third kappa shape index (κ3) is 3.81. The molecule has 0 spiro atoms. The van der Waals surface area contributed by atoms with Gasteiger partial charge in [0, 0.05) is 29.4 Å². The van der Waals surface area contributed by atoms with E-state index in [9.17, 15) is 4.39 Å². The molecule has 7 heteroatoms. The van der Waals surface area contributed by atoms with E-state index >= 15 is 0 Å². The van der Waals surface area contributed by atoms with E-state index in [4.69, 9.17) is 25.8 Å². The summed E-state index contributed by atoms with van der Waals surface area (Å²) in [7, 11) is 3.16. The normalized spacial score (nSPS) is 10.8. The molecule has 1 N–H and O–H groups in total. The van der Waals surface area contributed by atoms with Crippen molar-refractivity contribution in [3.63, 3.8) is 0 Å². The number of benzene rings is 2. The van der Waals surface area contributed by atoms with E-state index in [1.165, 1.54) is 6.07 Å². The van der Waals surface area contributed by atoms with Crippen molar-refractivity contribution < 1.29 is 18.6 Å². The van der Waals surface area contributed by atoms with Gasteiger partial charge in [-0.2, -0.15) is 0 Å². The highest BCUT2D eigenvalue weighted by atomic mass is 35.5. The number of rotatable bonds is 7. The summed E-state index contributed by atoms with van der Waals surface area (Å²) < 4.78 is 30.3. The molecule has 0 aliphatic carbocycles. The molecule has 3 rings (SSSR count). The molecule has 136 valence electrons. The van der Waals surface area contributed by atoms with Gasteiger partial charge in [0.05, 0.1) is 19.4 Å². The number of aromatic nitrogens is 1. The van der Waals surface area contributed by atoms with Gasteiger partial charge in [0.1, 0.15) is 17.9 Å². The summed E-state index contributed by atoms with van der Waals surface area (Å²) in [5, 5.41) is 4.19. The summed E-state index contributed by atoms with van der Waals surface area (Å²) in [5.74, 6) is 0.646. The van der Waals surface area contributed by atoms with Gasteiger partial charge in [-0.1, -0.05) is 11.6 Å². The summed E-state index contributed by atoms with van der Waals surface area (Å²) in [5.41, 5.74) is 1.63. The van der Waals surface area contributed by atoms with Gasteiger partial charge in [-0.05, 0) is 36.4 Å². The molecule has 3 aromatic rings. The minimum Gasteiger partial charge on any atom is -0.491 e. The molecule has 5 nitrogen and oxygen atoms in total. The molecule has 0 fully saturated rings. The lowest BCUT2D eigenvalue weighted by atomic mass is 10.1. The Morgan fingerprint density at radius 1 is 1.08 bits per heavy atom. The van der Waals surface area contributed by atoms with Crippen LogP contribution in [-0.2, 0) is 4.74 Å². The Labute approximate surface area is 155 Å². The van der Waals surface area contributed by atoms with Crippen LogP contribution < -0.4 is 14.8 Å². The van der Waals surface area contributed by atoms with Crippen molar-refractivity contribution in [3.8, 4) is 11.5 Å². The maximum Gasteiger partial charge on any atom is 0.187 e. The van der Waals surface area contributed by atoms with Crippen LogP contribution in [0.3, 0.4) is 0 Å². The number of ether oxygens (including phenoxy) is 3. The Hall–Kier alpha value is -2.57. The lowest BCUT2D eigenvalue weighted by Crippen LogP contribution is -2.05. The Morgan fingerprint density at radius 2 is 1.92 bits per heavy atom. The van der Waals surface area contributed by atoms with E-state index in [2.05, 4.69) is 10.3 Å². The molecule has 0 atom stereocenters. The summed E-state index contributed by atoms with van der Waals surface area (Å²) in [6, 6.07) is 9.88. The predicted octanol–water partition coefficient (Wildman–Crippen LogP) is 4.80. The quantitative estimate of drug-likeness (QED) is 0.600. The zero-order valence-electron chi connectivity index (χ0n) is 14.4. The molecule has 0 aliphatic heterocycles. The monoisotopic (exact) mass is 376 g/mol. The van der Waals surface area contributed by atoms with Crippen LogP contribution in [-0.4, -0.2) is 32.4 Å². The van der Waals surface area contributed by atoms with Crippen LogP contribution in [0.25, 0.3) is 10.9 Å². The van der Waals surface area contributed by atoms with Gasteiger partial charge in [-0.15, -0.1) is 0 Å². The van der Waals surface area contributed by atoms with Crippen LogP contribution in [0, 0.1) is 5.82 Å². The highest BCUT2D eigenvalue weighted by Gasteiger charge is 2.14. The second-order valence-electron chi connectivity index (χ2n) is 5.44. The first kappa shape index (κ1) is 18.2. The first-order valence-electron chi connectivity index (χ1n) is 7.93. The molecule has 2 aromatic carbocycles. The molecule has 1 heterocycles. The first-order chi connectivity index (χ1) is 12.6. The second kappa shape index (κ2) is 8.21. The number of pyridine rings is 1. The highest BCUT2D eigenvalue weighted by molar-refractivity contribution is 6.30. The number of methoxy groups -OCH3 is 2. The second-order valence-corrected chi connectivity index (χ2v) is 5.88. The van der Waals surface area contributed by atoms with E-state index in [0.717, 1.165) is 5.39 Å². The average molecular weight is 377 g/mol. The van der Waals surface area contributed by atoms with Gasteiger partial charge >= 0.3 is 0 Å². The topological polar surface area (TPSA) is 52.6 Å². The molecular formula is C19H18ClFN2O3. The molecule has 0 saturated heterocycles. The molecule has 0 saturated carbocycles. The summed E-state index contributed by atoms with van der Waals surface area (Å²) in [6.07, 6.45) is 1.62. The van der Waals surface area contributed by atoms with Crippen LogP contribution in [0.2, 0.25) is 5.02 Å². The van der Waals surface area contributed by atoms with Crippen LogP contribution in [0.4, 0.5) is 15.8 Å². The molecular weight excluding hydrogens is 359 g/mol. The fraction of sp³-hybridized carbons (Fsp3) is 0.211. The Bertz CT molecular complexity index is 921. The van der Waals surface area contributed by atoms with Crippen LogP contribution in [0.5, 0.6) is 11.5 Å². The van der Waals surface area contributed by atoms with E-state index < -0.39 is 5.82 Å². The third-order valence-electron chi connectivity index (χ3n) is 3.78. The van der Waals surface area contributed by atoms with Crippen molar-refractivity contribution in [1.29, 1.82) is 0 Å². The molecule has 1 aromatic heterocycles. The zero-order valence-corrected chi connectivity index (χ0v) is 15.1. The number of hydrogen-bond acceptors (Lipinski definition) is 5. The number of anilines is 2. The van der Waals surface area contributed by atoms with Gasteiger partial charge in [0.2, 0.25) is 0 Å². The fourth-order valence-electron chi connectivity index (χ4n) is 2.57. The van der Waals surface area contributed by atoms with Gasteiger partial charge < -0.3 is 19.5 Å². The lowest BCUT2D eigenvalue weighted by molar-refractivity contribution is 0.144. The molecule has 0 radical (unpaired) electrons. The van der Waals surface area contributed by atoms with Crippen molar-refractivity contribution in [2.75, 3.05) is 32.8 Å². The van der Waals surface area contributed by atoms with E-state index in [0.29, 0.717) is 46.6 Å². The molecule has 0 bridgehead atoms. The highest BCUT2D eigenvalue weighted by Crippen LogP contribution is 2.38. The summed E-state index contributed by atoms with van der Waals surface area (Å²) in [4.78, 5) is 4.39. The molecule has 0 aliphatic rings. The van der Waals surface area contributed by atoms with Crippen molar-refractivity contribution in [2.45, 2.75) is 0 Å². The van der Waals surface area contributed by atoms with Crippen molar-refractivity contribution in [3.05, 3.63) is 53.4 Å². The van der Waals surface area contributed by atoms with Crippen molar-refractivity contribution >= 4 is 33.9 Å². The maximum atomic E-state index is 14.1. The molecule has 26 heavy (non-hydrogen) atoms. The Kier molecular flexibility index (Phi) is 5.75. The average Bonchev–Trinajstić information content (AvgIpc) is 2.64. The van der Waals surface area contributed by atoms with Crippen LogP contribution in [0.1, 0.15) is 0 Å². The summed E-state index contributed by atoms with van der Waals surface area (Å²) >= 11 is 5.81. The van der Waals surface area contributed by atoms with Crippen molar-refractivity contribution in [2.24, 2.45) is 0 Å². The Morgan fingerprint density at radius 3 is 2.65 bits per heavy atom. The van der Waals surface area contributed by atoms with Gasteiger partial charge in [0.25, 0.3) is 0 Å². The van der Waals surface area contributed by atoms with Crippen LogP contribution in [0.15, 0.2) is 42.6 Å². The fourth-order valence-corrected chi connectivity index (χ4v) is 2.72. The largest absolute Gasteiger partial charge is 0.491 e. The number of nitrogens with zero attached hydrogens (tertiary/aromatic N) is 1. The number of halogens is 2. The predicted molar refractivity (Wildman–Crippen MR) is 100 cm³/mol. The van der Waals surface area contributed by atoms with E-state index in [1.54, 1.807) is 44.7 Å². The maximum absolute atomic E-state index is 14.1. The first-order valence-corrected chi connectivity index (χ1v) is 8.31. The third-order valence-corrected chi connectivity index (χ3v) is 4.02. The summed E-state index contributed by atoms with van der Waals surface area (Å²) in [6.45, 7) is 0.859. The van der Waals surface area contributed by atoms with Gasteiger partial charge in [0.15, 0.2) is 11.5 Å². The minimum absolute atomic E-state index is 0.321. The SMILES string of the molecule is COCCOc1ccc2c(Nc3ccc(Cl)cc3F)ccnc2c1OC. The number of fused-ring (bicyclic) bond motifs is 1. The smallest absolute Gasteiger partial charge is 0.187 e. The standard InChI is InChI=1S/C19H18ClFN2O3/c1-24-9-10-26-17-6-4-13-15(7-8-22-18(13)19(17)25-2)23-16-5-3-12(20)11-14(16)21/h3-8,11H,9-10H2,1-2H3,(H,22,23). The minimum atomic E-state index is -0.436. The van der Waals surface area contributed by atoms with Crippen molar-refractivity contribution in [1.82, 2.24) is 4.98 Å².